The highest BCUT2D eigenvalue weighted by molar-refractivity contribution is 7.89. The first-order valence-electron chi connectivity index (χ1n) is 6.45. The van der Waals surface area contributed by atoms with Crippen LogP contribution in [0.15, 0.2) is 29.2 Å². The average molecular weight is 278 g/mol. The lowest BCUT2D eigenvalue weighted by Crippen LogP contribution is -2.29. The normalized spacial score (nSPS) is 20.6. The summed E-state index contributed by atoms with van der Waals surface area (Å²) in [6.45, 7) is 5.44. The summed E-state index contributed by atoms with van der Waals surface area (Å²) in [5, 5.41) is 8.73. The Morgan fingerprint density at radius 1 is 1.32 bits per heavy atom. The van der Waals surface area contributed by atoms with Crippen LogP contribution in [-0.4, -0.2) is 25.8 Å². The molecule has 0 saturated carbocycles. The Morgan fingerprint density at radius 3 is 2.42 bits per heavy atom. The van der Waals surface area contributed by atoms with Gasteiger partial charge in [-0.3, -0.25) is 0 Å². The number of hydrogen-bond acceptors (Lipinski definition) is 3. The van der Waals surface area contributed by atoms with Gasteiger partial charge in [0.2, 0.25) is 10.0 Å². The largest absolute Gasteiger partial charge is 0.243 e. The highest BCUT2D eigenvalue weighted by atomic mass is 32.2. The summed E-state index contributed by atoms with van der Waals surface area (Å²) in [7, 11) is -3.41. The molecule has 19 heavy (non-hydrogen) atoms. The Bertz CT molecular complexity index is 585. The molecular formula is C14H18N2O2S. The third-order valence-electron chi connectivity index (χ3n) is 3.75. The molecular weight excluding hydrogens is 260 g/mol. The fourth-order valence-electron chi connectivity index (χ4n) is 2.37. The number of benzene rings is 1. The highest BCUT2D eigenvalue weighted by Crippen LogP contribution is 2.28. The molecule has 5 heteroatoms. The molecule has 1 fully saturated rings. The quantitative estimate of drug-likeness (QED) is 0.851. The van der Waals surface area contributed by atoms with Gasteiger partial charge in [-0.25, -0.2) is 8.42 Å². The van der Waals surface area contributed by atoms with Crippen LogP contribution in [0.5, 0.6) is 0 Å². The second-order valence-electron chi connectivity index (χ2n) is 5.29. The number of hydrogen-bond donors (Lipinski definition) is 0. The smallest absolute Gasteiger partial charge is 0.207 e. The van der Waals surface area contributed by atoms with E-state index in [0.29, 0.717) is 30.5 Å². The van der Waals surface area contributed by atoms with Gasteiger partial charge in [-0.1, -0.05) is 13.8 Å². The van der Waals surface area contributed by atoms with Crippen molar-refractivity contribution in [2.24, 2.45) is 11.8 Å². The van der Waals surface area contributed by atoms with Crippen LogP contribution in [0.3, 0.4) is 0 Å². The van der Waals surface area contributed by atoms with E-state index in [1.54, 1.807) is 16.4 Å². The zero-order valence-corrected chi connectivity index (χ0v) is 12.0. The Balaban J connectivity index is 2.21. The van der Waals surface area contributed by atoms with Crippen LogP contribution < -0.4 is 0 Å². The van der Waals surface area contributed by atoms with Gasteiger partial charge in [0.15, 0.2) is 0 Å². The van der Waals surface area contributed by atoms with Crippen LogP contribution in [0.2, 0.25) is 0 Å². The molecule has 0 amide bonds. The topological polar surface area (TPSA) is 61.2 Å². The predicted molar refractivity (Wildman–Crippen MR) is 72.9 cm³/mol. The van der Waals surface area contributed by atoms with Gasteiger partial charge < -0.3 is 0 Å². The summed E-state index contributed by atoms with van der Waals surface area (Å²) in [6.07, 6.45) is 0.924. The SMILES string of the molecule is CC(C)C1CCN(S(=O)(=O)c2ccc(C#N)cc2)C1. The maximum atomic E-state index is 12.4. The minimum absolute atomic E-state index is 0.274. The van der Waals surface area contributed by atoms with E-state index in [-0.39, 0.29) is 4.90 Å². The van der Waals surface area contributed by atoms with E-state index in [0.717, 1.165) is 6.42 Å². The zero-order chi connectivity index (χ0) is 14.0. The van der Waals surface area contributed by atoms with Gasteiger partial charge in [0.25, 0.3) is 0 Å². The molecule has 1 aliphatic heterocycles. The van der Waals surface area contributed by atoms with E-state index in [1.807, 2.05) is 6.07 Å². The first-order chi connectivity index (χ1) is 8.95. The molecule has 1 heterocycles. The molecule has 1 aromatic carbocycles. The standard InChI is InChI=1S/C14H18N2O2S/c1-11(2)13-7-8-16(10-13)19(17,18)14-5-3-12(9-15)4-6-14/h3-6,11,13H,7-8,10H2,1-2H3. The molecule has 1 atom stereocenters. The van der Waals surface area contributed by atoms with Crippen molar-refractivity contribution < 1.29 is 8.42 Å². The number of rotatable bonds is 3. The van der Waals surface area contributed by atoms with Gasteiger partial charge >= 0.3 is 0 Å². The van der Waals surface area contributed by atoms with Crippen LogP contribution >= 0.6 is 0 Å². The van der Waals surface area contributed by atoms with Gasteiger partial charge in [0.1, 0.15) is 0 Å². The molecule has 1 aromatic rings. The van der Waals surface area contributed by atoms with Crippen molar-refractivity contribution in [3.05, 3.63) is 29.8 Å². The monoisotopic (exact) mass is 278 g/mol. The van der Waals surface area contributed by atoms with Crippen molar-refractivity contribution in [3.8, 4) is 6.07 Å². The van der Waals surface area contributed by atoms with Crippen LogP contribution in [0.1, 0.15) is 25.8 Å². The average Bonchev–Trinajstić information content (AvgIpc) is 2.89. The lowest BCUT2D eigenvalue weighted by atomic mass is 9.96. The van der Waals surface area contributed by atoms with Crippen molar-refractivity contribution in [2.75, 3.05) is 13.1 Å². The molecule has 0 aromatic heterocycles. The molecule has 1 unspecified atom stereocenters. The van der Waals surface area contributed by atoms with Crippen molar-refractivity contribution in [3.63, 3.8) is 0 Å². The van der Waals surface area contributed by atoms with E-state index in [9.17, 15) is 8.42 Å². The first kappa shape index (κ1) is 14.0. The van der Waals surface area contributed by atoms with Crippen LogP contribution in [0, 0.1) is 23.2 Å². The second-order valence-corrected chi connectivity index (χ2v) is 7.23. The predicted octanol–water partition coefficient (Wildman–Crippen LogP) is 2.22. The Labute approximate surface area is 114 Å². The number of nitrogens with zero attached hydrogens (tertiary/aromatic N) is 2. The fraction of sp³-hybridized carbons (Fsp3) is 0.500. The summed E-state index contributed by atoms with van der Waals surface area (Å²) in [5.41, 5.74) is 0.473. The second kappa shape index (κ2) is 5.32. The van der Waals surface area contributed by atoms with Gasteiger partial charge in [-0.05, 0) is 42.5 Å². The molecule has 102 valence electrons. The van der Waals surface area contributed by atoms with E-state index in [1.165, 1.54) is 12.1 Å². The van der Waals surface area contributed by atoms with Crippen LogP contribution in [0.25, 0.3) is 0 Å². The Kier molecular flexibility index (Phi) is 3.93. The van der Waals surface area contributed by atoms with Gasteiger partial charge in [0, 0.05) is 13.1 Å². The third kappa shape index (κ3) is 2.80. The molecule has 4 nitrogen and oxygen atoms in total. The molecule has 1 aliphatic rings. The van der Waals surface area contributed by atoms with Crippen molar-refractivity contribution in [2.45, 2.75) is 25.2 Å². The summed E-state index contributed by atoms with van der Waals surface area (Å²) < 4.78 is 26.4. The van der Waals surface area contributed by atoms with E-state index < -0.39 is 10.0 Å². The molecule has 2 rings (SSSR count). The van der Waals surface area contributed by atoms with Gasteiger partial charge in [-0.15, -0.1) is 0 Å². The van der Waals surface area contributed by atoms with E-state index in [2.05, 4.69) is 13.8 Å². The lowest BCUT2D eigenvalue weighted by Gasteiger charge is -2.18. The summed E-state index contributed by atoms with van der Waals surface area (Å²) >= 11 is 0. The summed E-state index contributed by atoms with van der Waals surface area (Å²) in [5.74, 6) is 0.939. The summed E-state index contributed by atoms with van der Waals surface area (Å²) in [4.78, 5) is 0.274. The molecule has 0 radical (unpaired) electrons. The van der Waals surface area contributed by atoms with Crippen LogP contribution in [-0.2, 0) is 10.0 Å². The molecule has 0 N–H and O–H groups in total. The first-order valence-corrected chi connectivity index (χ1v) is 7.89. The Morgan fingerprint density at radius 2 is 1.95 bits per heavy atom. The maximum absolute atomic E-state index is 12.4. The lowest BCUT2D eigenvalue weighted by molar-refractivity contribution is 0.388. The van der Waals surface area contributed by atoms with Crippen molar-refractivity contribution in [1.29, 1.82) is 5.26 Å². The molecule has 0 aliphatic carbocycles. The van der Waals surface area contributed by atoms with Crippen molar-refractivity contribution >= 4 is 10.0 Å². The maximum Gasteiger partial charge on any atom is 0.243 e. The third-order valence-corrected chi connectivity index (χ3v) is 5.63. The number of nitriles is 1. The highest BCUT2D eigenvalue weighted by Gasteiger charge is 2.33. The minimum atomic E-state index is -3.41. The molecule has 0 spiro atoms. The fourth-order valence-corrected chi connectivity index (χ4v) is 3.88. The van der Waals surface area contributed by atoms with Crippen molar-refractivity contribution in [1.82, 2.24) is 4.31 Å². The zero-order valence-electron chi connectivity index (χ0n) is 11.2. The van der Waals surface area contributed by atoms with Gasteiger partial charge in [-0.2, -0.15) is 9.57 Å². The minimum Gasteiger partial charge on any atom is -0.207 e. The van der Waals surface area contributed by atoms with Crippen LogP contribution in [0.4, 0.5) is 0 Å². The Hall–Kier alpha value is -1.38. The summed E-state index contributed by atoms with van der Waals surface area (Å²) in [6, 6.07) is 8.10. The number of sulfonamides is 1. The van der Waals surface area contributed by atoms with E-state index in [4.69, 9.17) is 5.26 Å². The van der Waals surface area contributed by atoms with E-state index >= 15 is 0 Å². The molecule has 1 saturated heterocycles. The van der Waals surface area contributed by atoms with Gasteiger partial charge in [0.05, 0.1) is 16.5 Å². The molecule has 0 bridgehead atoms.